The van der Waals surface area contributed by atoms with Crippen LogP contribution in [0.4, 0.5) is 17.1 Å². The van der Waals surface area contributed by atoms with Crippen molar-refractivity contribution in [1.29, 1.82) is 10.5 Å². The number of benzene rings is 6. The fraction of sp³-hybridized carbons (Fsp3) is 0.0638. The van der Waals surface area contributed by atoms with E-state index in [9.17, 15) is 10.5 Å². The average molecular weight is 638 g/mol. The molecular formula is C47H31N3. The third-order valence-corrected chi connectivity index (χ3v) is 10.4. The fourth-order valence-corrected chi connectivity index (χ4v) is 8.39. The van der Waals surface area contributed by atoms with Gasteiger partial charge in [0.15, 0.2) is 0 Å². The van der Waals surface area contributed by atoms with Gasteiger partial charge < -0.3 is 4.90 Å². The number of rotatable bonds is 3. The van der Waals surface area contributed by atoms with Gasteiger partial charge in [0.2, 0.25) is 0 Å². The number of anilines is 3. The van der Waals surface area contributed by atoms with Gasteiger partial charge in [0.05, 0.1) is 16.8 Å². The summed E-state index contributed by atoms with van der Waals surface area (Å²) in [5, 5.41) is 20.4. The molecule has 0 radical (unpaired) electrons. The van der Waals surface area contributed by atoms with Gasteiger partial charge >= 0.3 is 0 Å². The number of nitriles is 2. The Labute approximate surface area is 292 Å². The van der Waals surface area contributed by atoms with Crippen LogP contribution in [0.2, 0.25) is 0 Å². The van der Waals surface area contributed by atoms with Crippen molar-refractivity contribution < 1.29 is 0 Å². The predicted octanol–water partition coefficient (Wildman–Crippen LogP) is 11.4. The van der Waals surface area contributed by atoms with Crippen LogP contribution < -0.4 is 4.90 Å². The number of para-hydroxylation sites is 2. The van der Waals surface area contributed by atoms with Crippen LogP contribution in [0.3, 0.4) is 0 Å². The minimum atomic E-state index is -0.703. The van der Waals surface area contributed by atoms with Crippen LogP contribution in [-0.2, 0) is 5.41 Å². The Hall–Kier alpha value is -6.68. The summed E-state index contributed by atoms with van der Waals surface area (Å²) in [4.78, 5) is 2.42. The van der Waals surface area contributed by atoms with Gasteiger partial charge in [-0.05, 0) is 98.8 Å². The lowest BCUT2D eigenvalue weighted by Gasteiger charge is -2.49. The molecule has 0 bridgehead atoms. The SMILES string of the molecule is N#CC(C#N)=C1c2ccccc2C2(c3ccccc31)c1ccccc1N(c1cc(C3=CCCC=C3)cc(-c3ccccc3)c1)c1ccccc12. The molecule has 0 saturated heterocycles. The molecule has 0 N–H and O–H groups in total. The zero-order valence-corrected chi connectivity index (χ0v) is 27.3. The lowest BCUT2D eigenvalue weighted by molar-refractivity contribution is 0.718. The van der Waals surface area contributed by atoms with Gasteiger partial charge in [0, 0.05) is 11.3 Å². The van der Waals surface area contributed by atoms with E-state index in [1.165, 1.54) is 16.7 Å². The molecule has 3 nitrogen and oxygen atoms in total. The van der Waals surface area contributed by atoms with Crippen molar-refractivity contribution in [3.8, 4) is 23.3 Å². The topological polar surface area (TPSA) is 50.8 Å². The normalized spacial score (nSPS) is 14.7. The second-order valence-corrected chi connectivity index (χ2v) is 13.0. The van der Waals surface area contributed by atoms with E-state index in [2.05, 4.69) is 169 Å². The van der Waals surface area contributed by atoms with E-state index < -0.39 is 5.41 Å². The minimum Gasteiger partial charge on any atom is -0.310 e. The van der Waals surface area contributed by atoms with Crippen molar-refractivity contribution in [3.63, 3.8) is 0 Å². The molecule has 0 fully saturated rings. The Morgan fingerprint density at radius 3 is 1.66 bits per heavy atom. The number of fused-ring (bicyclic) bond motifs is 8. The van der Waals surface area contributed by atoms with E-state index in [0.29, 0.717) is 5.57 Å². The summed E-state index contributed by atoms with van der Waals surface area (Å²) in [6, 6.07) is 56.1. The maximum absolute atomic E-state index is 10.2. The van der Waals surface area contributed by atoms with Crippen molar-refractivity contribution in [2.45, 2.75) is 18.3 Å². The molecular weight excluding hydrogens is 607 g/mol. The maximum atomic E-state index is 10.2. The smallest absolute Gasteiger partial charge is 0.138 e. The van der Waals surface area contributed by atoms with E-state index in [1.807, 2.05) is 12.1 Å². The first-order valence-electron chi connectivity index (χ1n) is 17.0. The lowest BCUT2D eigenvalue weighted by Crippen LogP contribution is -2.41. The molecule has 1 aliphatic heterocycles. The Morgan fingerprint density at radius 1 is 0.540 bits per heavy atom. The summed E-state index contributed by atoms with van der Waals surface area (Å²) in [5.41, 5.74) is 14.4. The first kappa shape index (κ1) is 29.5. The molecule has 1 heterocycles. The van der Waals surface area contributed by atoms with E-state index in [0.717, 1.165) is 68.8 Å². The molecule has 0 amide bonds. The maximum Gasteiger partial charge on any atom is 0.138 e. The zero-order chi connectivity index (χ0) is 33.7. The third kappa shape index (κ3) is 4.28. The van der Waals surface area contributed by atoms with Crippen molar-refractivity contribution in [2.75, 3.05) is 4.90 Å². The van der Waals surface area contributed by atoms with Crippen LogP contribution in [0.1, 0.15) is 51.8 Å². The van der Waals surface area contributed by atoms with Gasteiger partial charge in [0.25, 0.3) is 0 Å². The summed E-state index contributed by atoms with van der Waals surface area (Å²) in [6.07, 6.45) is 8.96. The molecule has 0 atom stereocenters. The van der Waals surface area contributed by atoms with Gasteiger partial charge in [-0.25, -0.2) is 0 Å². The molecule has 3 heteroatoms. The molecule has 0 saturated carbocycles. The van der Waals surface area contributed by atoms with Crippen molar-refractivity contribution >= 4 is 28.2 Å². The molecule has 3 aliphatic rings. The Kier molecular flexibility index (Phi) is 6.94. The Balaban J connectivity index is 1.38. The zero-order valence-electron chi connectivity index (χ0n) is 27.3. The molecule has 1 spiro atoms. The van der Waals surface area contributed by atoms with Crippen molar-refractivity contribution in [3.05, 3.63) is 208 Å². The van der Waals surface area contributed by atoms with Gasteiger partial charge in [0.1, 0.15) is 17.7 Å². The lowest BCUT2D eigenvalue weighted by atomic mass is 9.56. The standard InChI is InChI=1S/C47H31N3/c48-30-36(31-49)46-38-19-7-9-21-40(38)47(41-22-10-8-20-39(41)46)42-23-11-13-25-44(42)50(45-26-14-12-24-43(45)47)37-28-34(32-15-3-1-4-16-32)27-35(29-37)33-17-5-2-6-18-33/h1,3-5,7-29H,2,6H2. The molecule has 2 aliphatic carbocycles. The quantitative estimate of drug-likeness (QED) is 0.181. The Bertz CT molecular complexity index is 2400. The molecule has 234 valence electrons. The second kappa shape index (κ2) is 11.8. The molecule has 0 aromatic heterocycles. The summed E-state index contributed by atoms with van der Waals surface area (Å²) in [5.74, 6) is 0. The Morgan fingerprint density at radius 2 is 1.08 bits per heavy atom. The number of allylic oxidation sites excluding steroid dienone is 5. The van der Waals surface area contributed by atoms with Crippen molar-refractivity contribution in [1.82, 2.24) is 0 Å². The predicted molar refractivity (Wildman–Crippen MR) is 202 cm³/mol. The fourth-order valence-electron chi connectivity index (χ4n) is 8.39. The largest absolute Gasteiger partial charge is 0.310 e. The number of hydrogen-bond donors (Lipinski definition) is 0. The highest BCUT2D eigenvalue weighted by molar-refractivity contribution is 5.99. The van der Waals surface area contributed by atoms with E-state index in [4.69, 9.17) is 0 Å². The molecule has 50 heavy (non-hydrogen) atoms. The summed E-state index contributed by atoms with van der Waals surface area (Å²) < 4.78 is 0. The molecule has 6 aromatic carbocycles. The van der Waals surface area contributed by atoms with Crippen LogP contribution in [-0.4, -0.2) is 0 Å². The van der Waals surface area contributed by atoms with Crippen LogP contribution >= 0.6 is 0 Å². The van der Waals surface area contributed by atoms with Crippen molar-refractivity contribution in [2.24, 2.45) is 0 Å². The van der Waals surface area contributed by atoms with Gasteiger partial charge in [-0.1, -0.05) is 133 Å². The first-order valence-corrected chi connectivity index (χ1v) is 17.0. The van der Waals surface area contributed by atoms with Gasteiger partial charge in [-0.2, -0.15) is 10.5 Å². The van der Waals surface area contributed by atoms with E-state index in [1.54, 1.807) is 0 Å². The molecule has 0 unspecified atom stereocenters. The van der Waals surface area contributed by atoms with Crippen LogP contribution in [0.15, 0.2) is 169 Å². The van der Waals surface area contributed by atoms with Crippen LogP contribution in [0.5, 0.6) is 0 Å². The summed E-state index contributed by atoms with van der Waals surface area (Å²) in [7, 11) is 0. The molecule has 9 rings (SSSR count). The average Bonchev–Trinajstić information content (AvgIpc) is 3.19. The van der Waals surface area contributed by atoms with E-state index in [-0.39, 0.29) is 5.57 Å². The third-order valence-electron chi connectivity index (χ3n) is 10.4. The number of hydrogen-bond acceptors (Lipinski definition) is 3. The first-order chi connectivity index (χ1) is 24.7. The summed E-state index contributed by atoms with van der Waals surface area (Å²) >= 11 is 0. The highest BCUT2D eigenvalue weighted by Crippen LogP contribution is 2.62. The van der Waals surface area contributed by atoms with Crippen LogP contribution in [0.25, 0.3) is 22.3 Å². The highest BCUT2D eigenvalue weighted by Gasteiger charge is 2.51. The summed E-state index contributed by atoms with van der Waals surface area (Å²) in [6.45, 7) is 0. The van der Waals surface area contributed by atoms with Gasteiger partial charge in [-0.3, -0.25) is 0 Å². The molecule has 6 aromatic rings. The van der Waals surface area contributed by atoms with Gasteiger partial charge in [-0.15, -0.1) is 0 Å². The highest BCUT2D eigenvalue weighted by atomic mass is 15.2. The minimum absolute atomic E-state index is 0.120. The monoisotopic (exact) mass is 637 g/mol. The number of nitrogens with zero attached hydrogens (tertiary/aromatic N) is 3. The van der Waals surface area contributed by atoms with E-state index >= 15 is 0 Å². The second-order valence-electron chi connectivity index (χ2n) is 13.0. The van der Waals surface area contributed by atoms with Crippen LogP contribution in [0, 0.1) is 22.7 Å².